The molecule has 0 radical (unpaired) electrons. The molecule has 0 atom stereocenters. The van der Waals surface area contributed by atoms with Crippen molar-refractivity contribution >= 4 is 27.2 Å². The first-order valence-corrected chi connectivity index (χ1v) is 10.1. The van der Waals surface area contributed by atoms with Gasteiger partial charge in [0.2, 0.25) is 0 Å². The van der Waals surface area contributed by atoms with E-state index < -0.39 is 9.84 Å². The van der Waals surface area contributed by atoms with Crippen LogP contribution in [0.4, 0.5) is 9.18 Å². The van der Waals surface area contributed by atoms with E-state index in [1.165, 1.54) is 12.1 Å². The molecule has 2 heterocycles. The van der Waals surface area contributed by atoms with Gasteiger partial charge in [-0.1, -0.05) is 6.07 Å². The third-order valence-corrected chi connectivity index (χ3v) is 6.79. The lowest BCUT2D eigenvalue weighted by Gasteiger charge is -2.29. The Labute approximate surface area is 144 Å². The van der Waals surface area contributed by atoms with Gasteiger partial charge < -0.3 is 10.2 Å². The zero-order chi connectivity index (χ0) is 17.3. The molecule has 0 saturated heterocycles. The normalized spacial score (nSPS) is 14.3. The number of nitrogens with zero attached hydrogens (tertiary/aromatic N) is 1. The quantitative estimate of drug-likeness (QED) is 0.905. The monoisotopic (exact) mass is 368 g/mol. The Bertz CT molecular complexity index is 877. The maximum Gasteiger partial charge on any atom is 0.318 e. The van der Waals surface area contributed by atoms with Crippen LogP contribution in [0.25, 0.3) is 0 Å². The molecule has 1 aliphatic rings. The third kappa shape index (κ3) is 3.76. The molecular formula is C16H17FN2O3S2. The minimum atomic E-state index is -3.21. The largest absolute Gasteiger partial charge is 0.333 e. The molecule has 1 aromatic carbocycles. The topological polar surface area (TPSA) is 66.5 Å². The van der Waals surface area contributed by atoms with Gasteiger partial charge in [0.1, 0.15) is 10.0 Å². The first-order valence-electron chi connectivity index (χ1n) is 7.42. The molecule has 2 aromatic rings. The van der Waals surface area contributed by atoms with Crippen molar-refractivity contribution in [2.24, 2.45) is 0 Å². The Balaban J connectivity index is 1.60. The SMILES string of the molecule is CS(=O)(=O)c1ccc(CNC(=O)N2CCc3cc(F)ccc3C2)s1. The first-order chi connectivity index (χ1) is 11.3. The molecule has 8 heteroatoms. The fourth-order valence-corrected chi connectivity index (χ4v) is 4.54. The van der Waals surface area contributed by atoms with Gasteiger partial charge in [-0.25, -0.2) is 17.6 Å². The number of urea groups is 1. The van der Waals surface area contributed by atoms with Gasteiger partial charge in [0.15, 0.2) is 9.84 Å². The summed E-state index contributed by atoms with van der Waals surface area (Å²) in [7, 11) is -3.21. The lowest BCUT2D eigenvalue weighted by Crippen LogP contribution is -2.42. The number of thiophene rings is 1. The van der Waals surface area contributed by atoms with Crippen LogP contribution in [0, 0.1) is 5.82 Å². The first kappa shape index (κ1) is 16.9. The fraction of sp³-hybridized carbons (Fsp3) is 0.312. The summed E-state index contributed by atoms with van der Waals surface area (Å²) in [5.41, 5.74) is 1.89. The highest BCUT2D eigenvalue weighted by Crippen LogP contribution is 2.22. The predicted molar refractivity (Wildman–Crippen MR) is 90.2 cm³/mol. The number of hydrogen-bond acceptors (Lipinski definition) is 4. The average Bonchev–Trinajstić information content (AvgIpc) is 3.01. The fourth-order valence-electron chi connectivity index (χ4n) is 2.62. The van der Waals surface area contributed by atoms with Crippen LogP contribution in [0.15, 0.2) is 34.5 Å². The lowest BCUT2D eigenvalue weighted by atomic mass is 10.00. The van der Waals surface area contributed by atoms with Crippen molar-refractivity contribution in [2.45, 2.75) is 23.7 Å². The Morgan fingerprint density at radius 3 is 2.79 bits per heavy atom. The van der Waals surface area contributed by atoms with Crippen molar-refractivity contribution < 1.29 is 17.6 Å². The molecule has 0 unspecified atom stereocenters. The van der Waals surface area contributed by atoms with Gasteiger partial charge in [0, 0.05) is 24.2 Å². The number of nitrogens with one attached hydrogen (secondary N) is 1. The van der Waals surface area contributed by atoms with Crippen molar-refractivity contribution in [3.63, 3.8) is 0 Å². The number of benzene rings is 1. The van der Waals surface area contributed by atoms with E-state index in [4.69, 9.17) is 0 Å². The maximum absolute atomic E-state index is 13.2. The van der Waals surface area contributed by atoms with E-state index in [0.29, 0.717) is 23.7 Å². The summed E-state index contributed by atoms with van der Waals surface area (Å²) in [6.07, 6.45) is 1.78. The maximum atomic E-state index is 13.2. The Morgan fingerprint density at radius 2 is 2.08 bits per heavy atom. The van der Waals surface area contributed by atoms with E-state index >= 15 is 0 Å². The van der Waals surface area contributed by atoms with Crippen LogP contribution in [0.1, 0.15) is 16.0 Å². The molecule has 1 N–H and O–H groups in total. The van der Waals surface area contributed by atoms with Crippen LogP contribution in [0.2, 0.25) is 0 Å². The van der Waals surface area contributed by atoms with E-state index in [0.717, 1.165) is 33.6 Å². The molecule has 5 nitrogen and oxygen atoms in total. The summed E-state index contributed by atoms with van der Waals surface area (Å²) in [6, 6.07) is 7.67. The number of sulfone groups is 1. The van der Waals surface area contributed by atoms with Crippen molar-refractivity contribution in [1.82, 2.24) is 10.2 Å². The molecule has 0 aliphatic carbocycles. The Morgan fingerprint density at radius 1 is 1.29 bits per heavy atom. The highest BCUT2D eigenvalue weighted by atomic mass is 32.2. The van der Waals surface area contributed by atoms with Crippen LogP contribution in [0.5, 0.6) is 0 Å². The summed E-state index contributed by atoms with van der Waals surface area (Å²) >= 11 is 1.16. The van der Waals surface area contributed by atoms with E-state index in [-0.39, 0.29) is 18.4 Å². The van der Waals surface area contributed by atoms with Crippen molar-refractivity contribution in [3.05, 3.63) is 52.2 Å². The number of rotatable bonds is 3. The van der Waals surface area contributed by atoms with Gasteiger partial charge in [-0.05, 0) is 41.8 Å². The molecule has 1 aliphatic heterocycles. The molecule has 24 heavy (non-hydrogen) atoms. The van der Waals surface area contributed by atoms with E-state index in [1.807, 2.05) is 0 Å². The number of halogens is 1. The molecule has 0 bridgehead atoms. The minimum Gasteiger partial charge on any atom is -0.333 e. The Hall–Kier alpha value is -1.93. The van der Waals surface area contributed by atoms with Crippen molar-refractivity contribution in [2.75, 3.05) is 12.8 Å². The third-order valence-electron chi connectivity index (χ3n) is 3.88. The number of carbonyl (C=O) groups is 1. The Kier molecular flexibility index (Phi) is 4.60. The van der Waals surface area contributed by atoms with Crippen LogP contribution in [-0.4, -0.2) is 32.1 Å². The zero-order valence-corrected chi connectivity index (χ0v) is 14.7. The highest BCUT2D eigenvalue weighted by Gasteiger charge is 2.21. The minimum absolute atomic E-state index is 0.209. The number of amides is 2. The van der Waals surface area contributed by atoms with Gasteiger partial charge in [-0.2, -0.15) is 0 Å². The average molecular weight is 368 g/mol. The standard InChI is InChI=1S/C16H17FN2O3S2/c1-24(21,22)15-5-4-14(23-15)9-18-16(20)19-7-6-11-8-13(17)3-2-12(11)10-19/h2-5,8H,6-7,9-10H2,1H3,(H,18,20). The van der Waals surface area contributed by atoms with Gasteiger partial charge in [-0.15, -0.1) is 11.3 Å². The van der Waals surface area contributed by atoms with E-state index in [9.17, 15) is 17.6 Å². The molecule has 0 spiro atoms. The molecule has 0 saturated carbocycles. The highest BCUT2D eigenvalue weighted by molar-refractivity contribution is 7.92. The summed E-state index contributed by atoms with van der Waals surface area (Å²) in [4.78, 5) is 14.7. The van der Waals surface area contributed by atoms with Crippen LogP contribution < -0.4 is 5.32 Å². The zero-order valence-electron chi connectivity index (χ0n) is 13.1. The number of fused-ring (bicyclic) bond motifs is 1. The second kappa shape index (κ2) is 6.52. The van der Waals surface area contributed by atoms with Gasteiger partial charge in [0.05, 0.1) is 6.54 Å². The van der Waals surface area contributed by atoms with E-state index in [2.05, 4.69) is 5.32 Å². The molecule has 128 valence electrons. The molecule has 0 fully saturated rings. The van der Waals surface area contributed by atoms with Crippen molar-refractivity contribution in [1.29, 1.82) is 0 Å². The summed E-state index contributed by atoms with van der Waals surface area (Å²) in [5.74, 6) is -0.258. The predicted octanol–water partition coefficient (Wildman–Crippen LogP) is 2.56. The second-order valence-electron chi connectivity index (χ2n) is 5.74. The number of carbonyl (C=O) groups excluding carboxylic acids is 1. The van der Waals surface area contributed by atoms with E-state index in [1.54, 1.807) is 23.1 Å². The van der Waals surface area contributed by atoms with Crippen LogP contribution in [-0.2, 0) is 29.3 Å². The lowest BCUT2D eigenvalue weighted by molar-refractivity contribution is 0.192. The van der Waals surface area contributed by atoms with Crippen LogP contribution in [0.3, 0.4) is 0 Å². The summed E-state index contributed by atoms with van der Waals surface area (Å²) in [5, 5.41) is 2.80. The molecule has 1 aromatic heterocycles. The molecular weight excluding hydrogens is 351 g/mol. The van der Waals surface area contributed by atoms with Gasteiger partial charge >= 0.3 is 6.03 Å². The van der Waals surface area contributed by atoms with Gasteiger partial charge in [0.25, 0.3) is 0 Å². The smallest absolute Gasteiger partial charge is 0.318 e. The second-order valence-corrected chi connectivity index (χ2v) is 9.15. The van der Waals surface area contributed by atoms with Crippen LogP contribution >= 0.6 is 11.3 Å². The molecule has 3 rings (SSSR count). The molecule has 2 amide bonds. The summed E-state index contributed by atoms with van der Waals surface area (Å²) in [6.45, 7) is 1.26. The summed E-state index contributed by atoms with van der Waals surface area (Å²) < 4.78 is 36.4. The van der Waals surface area contributed by atoms with Crippen molar-refractivity contribution in [3.8, 4) is 0 Å². The number of hydrogen-bond donors (Lipinski definition) is 1. The van der Waals surface area contributed by atoms with Gasteiger partial charge in [-0.3, -0.25) is 0 Å².